The van der Waals surface area contributed by atoms with Crippen LogP contribution in [0.3, 0.4) is 0 Å². The lowest BCUT2D eigenvalue weighted by Crippen LogP contribution is -2.34. The molecule has 0 fully saturated rings. The van der Waals surface area contributed by atoms with Crippen LogP contribution in [0.1, 0.15) is 258 Å². The van der Waals surface area contributed by atoms with Gasteiger partial charge in [0.2, 0.25) is 0 Å². The van der Waals surface area contributed by atoms with E-state index in [1.807, 2.05) is 0 Å². The smallest absolute Gasteiger partial charge is 0.472 e. The van der Waals surface area contributed by atoms with Gasteiger partial charge >= 0.3 is 19.8 Å². The normalized spacial score (nSPS) is 13.7. The van der Waals surface area contributed by atoms with Crippen molar-refractivity contribution in [2.24, 2.45) is 5.73 Å². The van der Waals surface area contributed by atoms with Gasteiger partial charge in [0.05, 0.1) is 19.8 Å². The van der Waals surface area contributed by atoms with Gasteiger partial charge in [-0.05, 0) is 12.8 Å². The molecule has 0 aromatic carbocycles. The lowest BCUT2D eigenvalue weighted by Gasteiger charge is -2.20. The molecule has 0 aliphatic heterocycles. The SMILES string of the molecule is CCCCCCCCCCCCCCCCCCCCCCCCCCCC(=O)O[C@H](COCCCCCCCCCCCCCC)COP(=O)(O)OC[C@H](N)C(=O)O. The largest absolute Gasteiger partial charge is 0.480 e. The first-order chi connectivity index (χ1) is 28.7. The predicted molar refractivity (Wildman–Crippen MR) is 245 cm³/mol. The molecule has 0 radical (unpaired) electrons. The number of carbonyl (C=O) groups excluding carboxylic acids is 1. The number of phosphoric ester groups is 1. The molecule has 3 atom stereocenters. The van der Waals surface area contributed by atoms with Gasteiger partial charge < -0.3 is 25.2 Å². The van der Waals surface area contributed by atoms with Crippen LogP contribution in [0.4, 0.5) is 0 Å². The van der Waals surface area contributed by atoms with E-state index in [2.05, 4.69) is 13.8 Å². The van der Waals surface area contributed by atoms with Gasteiger partial charge in [-0.2, -0.15) is 0 Å². The van der Waals surface area contributed by atoms with Crippen LogP contribution >= 0.6 is 7.82 Å². The lowest BCUT2D eigenvalue weighted by atomic mass is 10.0. The average Bonchev–Trinajstić information content (AvgIpc) is 3.21. The van der Waals surface area contributed by atoms with Crippen molar-refractivity contribution in [1.29, 1.82) is 0 Å². The molecular weight excluding hydrogens is 766 g/mol. The number of aliphatic carboxylic acids is 1. The van der Waals surface area contributed by atoms with Crippen LogP contribution in [0.5, 0.6) is 0 Å². The van der Waals surface area contributed by atoms with Crippen LogP contribution in [0, 0.1) is 0 Å². The van der Waals surface area contributed by atoms with Crippen LogP contribution in [-0.2, 0) is 32.7 Å². The number of hydrogen-bond donors (Lipinski definition) is 3. The number of hydrogen-bond acceptors (Lipinski definition) is 8. The monoisotopic (exact) mass is 862 g/mol. The van der Waals surface area contributed by atoms with Gasteiger partial charge in [-0.15, -0.1) is 0 Å². The molecule has 4 N–H and O–H groups in total. The maximum absolute atomic E-state index is 12.7. The summed E-state index contributed by atoms with van der Waals surface area (Å²) in [6.45, 7) is 3.94. The Balaban J connectivity index is 4.00. The molecule has 59 heavy (non-hydrogen) atoms. The molecule has 0 aliphatic carbocycles. The summed E-state index contributed by atoms with van der Waals surface area (Å²) in [5.41, 5.74) is 5.36. The minimum absolute atomic E-state index is 0.0257. The Morgan fingerprint density at radius 3 is 1.12 bits per heavy atom. The zero-order valence-corrected chi connectivity index (χ0v) is 39.5. The molecule has 0 saturated carbocycles. The number of phosphoric acid groups is 1. The Kier molecular flexibility index (Phi) is 44.2. The maximum atomic E-state index is 12.7. The summed E-state index contributed by atoms with van der Waals surface area (Å²) in [4.78, 5) is 33.6. The van der Waals surface area contributed by atoms with Crippen LogP contribution in [0.2, 0.25) is 0 Å². The van der Waals surface area contributed by atoms with Crippen molar-refractivity contribution in [3.8, 4) is 0 Å². The fourth-order valence-electron chi connectivity index (χ4n) is 7.49. The molecule has 0 aromatic rings. The highest BCUT2D eigenvalue weighted by atomic mass is 31.2. The molecule has 0 bridgehead atoms. The van der Waals surface area contributed by atoms with Gasteiger partial charge in [0.15, 0.2) is 0 Å². The summed E-state index contributed by atoms with van der Waals surface area (Å²) in [6, 6.07) is -1.47. The second-order valence-corrected chi connectivity index (χ2v) is 18.8. The first-order valence-corrected chi connectivity index (χ1v) is 26.6. The third-order valence-electron chi connectivity index (χ3n) is 11.4. The second-order valence-electron chi connectivity index (χ2n) is 17.3. The van der Waals surface area contributed by atoms with Crippen molar-refractivity contribution in [3.63, 3.8) is 0 Å². The van der Waals surface area contributed by atoms with Crippen LogP contribution in [0.15, 0.2) is 0 Å². The molecule has 0 rings (SSSR count). The van der Waals surface area contributed by atoms with Crippen molar-refractivity contribution in [2.45, 2.75) is 270 Å². The number of ether oxygens (including phenoxy) is 2. The van der Waals surface area contributed by atoms with Gasteiger partial charge in [0.25, 0.3) is 0 Å². The predicted octanol–water partition coefficient (Wildman–Crippen LogP) is 14.3. The van der Waals surface area contributed by atoms with Gasteiger partial charge in [0.1, 0.15) is 12.1 Å². The standard InChI is InChI=1S/C48H96NO9P/c1-3-5-7-9-11-13-15-17-18-19-20-21-22-23-24-25-26-27-28-29-30-32-34-36-38-40-47(50)58-45(43-56-59(53,54)57-44-46(49)48(51)52)42-55-41-39-37-35-33-31-16-14-12-10-8-6-4-2/h45-46H,3-44,49H2,1-2H3,(H,51,52)(H,53,54)/t45-,46+/m1/s1. The van der Waals surface area contributed by atoms with E-state index in [1.54, 1.807) is 0 Å². The highest BCUT2D eigenvalue weighted by molar-refractivity contribution is 7.47. The van der Waals surface area contributed by atoms with E-state index >= 15 is 0 Å². The number of carboxylic acid groups (broad SMARTS) is 1. The number of unbranched alkanes of at least 4 members (excludes halogenated alkanes) is 35. The third kappa shape index (κ3) is 44.8. The van der Waals surface area contributed by atoms with Gasteiger partial charge in [-0.25, -0.2) is 4.57 Å². The summed E-state index contributed by atoms with van der Waals surface area (Å²) in [6.07, 6.45) is 47.4. The van der Waals surface area contributed by atoms with Gasteiger partial charge in [-0.1, -0.05) is 239 Å². The fourth-order valence-corrected chi connectivity index (χ4v) is 8.27. The van der Waals surface area contributed by atoms with E-state index in [0.29, 0.717) is 6.61 Å². The number of carboxylic acids is 1. The summed E-state index contributed by atoms with van der Waals surface area (Å²) in [7, 11) is -4.61. The molecule has 0 saturated heterocycles. The Bertz CT molecular complexity index is 955. The minimum Gasteiger partial charge on any atom is -0.480 e. The van der Waals surface area contributed by atoms with Crippen LogP contribution in [-0.4, -0.2) is 60.5 Å². The van der Waals surface area contributed by atoms with E-state index in [4.69, 9.17) is 29.4 Å². The molecule has 0 spiro atoms. The summed E-state index contributed by atoms with van der Waals surface area (Å²) >= 11 is 0. The second kappa shape index (κ2) is 45.0. The number of nitrogens with two attached hydrogens (primary N) is 1. The van der Waals surface area contributed by atoms with Gasteiger partial charge in [0, 0.05) is 13.0 Å². The summed E-state index contributed by atoms with van der Waals surface area (Å²) in [5.74, 6) is -1.76. The molecular formula is C48H96NO9P. The Labute approximate surface area is 363 Å². The first-order valence-electron chi connectivity index (χ1n) is 25.1. The molecule has 11 heteroatoms. The molecule has 0 aromatic heterocycles. The van der Waals surface area contributed by atoms with E-state index in [1.165, 1.54) is 199 Å². The van der Waals surface area contributed by atoms with E-state index in [-0.39, 0.29) is 13.0 Å². The molecule has 0 amide bonds. The third-order valence-corrected chi connectivity index (χ3v) is 12.3. The summed E-state index contributed by atoms with van der Waals surface area (Å²) < 4.78 is 33.4. The van der Waals surface area contributed by atoms with Crippen molar-refractivity contribution in [2.75, 3.05) is 26.4 Å². The fraction of sp³-hybridized carbons (Fsp3) is 0.958. The van der Waals surface area contributed by atoms with E-state index in [0.717, 1.165) is 38.5 Å². The Morgan fingerprint density at radius 1 is 0.475 bits per heavy atom. The quantitative estimate of drug-likeness (QED) is 0.0306. The van der Waals surface area contributed by atoms with E-state index in [9.17, 15) is 19.0 Å². The highest BCUT2D eigenvalue weighted by Gasteiger charge is 2.27. The van der Waals surface area contributed by atoms with Crippen molar-refractivity contribution < 1.29 is 42.7 Å². The average molecular weight is 862 g/mol. The highest BCUT2D eigenvalue weighted by Crippen LogP contribution is 2.43. The first kappa shape index (κ1) is 58.0. The van der Waals surface area contributed by atoms with E-state index < -0.39 is 45.1 Å². The lowest BCUT2D eigenvalue weighted by molar-refractivity contribution is -0.154. The number of rotatable bonds is 49. The Morgan fingerprint density at radius 2 is 0.780 bits per heavy atom. The maximum Gasteiger partial charge on any atom is 0.472 e. The van der Waals surface area contributed by atoms with Crippen LogP contribution in [0.25, 0.3) is 0 Å². The van der Waals surface area contributed by atoms with Gasteiger partial charge in [-0.3, -0.25) is 18.6 Å². The number of carbonyl (C=O) groups is 2. The van der Waals surface area contributed by atoms with Crippen molar-refractivity contribution >= 4 is 19.8 Å². The number of esters is 1. The van der Waals surface area contributed by atoms with Crippen LogP contribution < -0.4 is 5.73 Å². The molecule has 352 valence electrons. The minimum atomic E-state index is -4.61. The zero-order chi connectivity index (χ0) is 43.3. The van der Waals surface area contributed by atoms with Crippen molar-refractivity contribution in [3.05, 3.63) is 0 Å². The van der Waals surface area contributed by atoms with Crippen molar-refractivity contribution in [1.82, 2.24) is 0 Å². The molecule has 0 aliphatic rings. The zero-order valence-electron chi connectivity index (χ0n) is 38.6. The molecule has 1 unspecified atom stereocenters. The molecule has 10 nitrogen and oxygen atoms in total. The Hall–Kier alpha value is -1.03. The summed E-state index contributed by atoms with van der Waals surface area (Å²) in [5, 5.41) is 8.91. The topological polar surface area (TPSA) is 155 Å². The molecule has 0 heterocycles.